The Kier molecular flexibility index (Phi) is 7.81. The molecule has 4 aromatic rings. The van der Waals surface area contributed by atoms with Gasteiger partial charge in [-0.15, -0.1) is 22.7 Å². The van der Waals surface area contributed by atoms with Crippen molar-refractivity contribution in [2.45, 2.75) is 22.6 Å². The summed E-state index contributed by atoms with van der Waals surface area (Å²) in [7, 11) is 3.41. The average Bonchev–Trinajstić information content (AvgIpc) is 3.64. The molecule has 4 heterocycles. The quantitative estimate of drug-likeness (QED) is 0.239. The van der Waals surface area contributed by atoms with Gasteiger partial charge >= 0.3 is 0 Å². The van der Waals surface area contributed by atoms with Gasteiger partial charge in [0, 0.05) is 44.0 Å². The van der Waals surface area contributed by atoms with Crippen LogP contribution < -0.4 is 18.9 Å². The highest BCUT2D eigenvalue weighted by molar-refractivity contribution is 8.14. The maximum Gasteiger partial charge on any atom is 0.262 e. The van der Waals surface area contributed by atoms with Crippen molar-refractivity contribution < 1.29 is 35.8 Å². The Morgan fingerprint density at radius 1 is 0.605 bits per heavy atom. The molecule has 2 aliphatic heterocycles. The lowest BCUT2D eigenvalue weighted by Crippen LogP contribution is -1.95. The maximum absolute atomic E-state index is 11.4. The van der Waals surface area contributed by atoms with Gasteiger partial charge in [0.1, 0.15) is 0 Å². The average molecular weight is 634 g/mol. The Balaban J connectivity index is 0.000000155. The first-order valence-corrected chi connectivity index (χ1v) is 17.2. The molecule has 6 rings (SSSR count). The van der Waals surface area contributed by atoms with E-state index in [-0.39, 0.29) is 23.4 Å². The summed E-state index contributed by atoms with van der Waals surface area (Å²) in [6.07, 6.45) is 0.991. The molecule has 0 N–H and O–H groups in total. The summed E-state index contributed by atoms with van der Waals surface area (Å²) in [6.45, 7) is 0.443. The lowest BCUT2D eigenvalue weighted by atomic mass is 10.1. The highest BCUT2D eigenvalue weighted by atomic mass is 35.7. The van der Waals surface area contributed by atoms with E-state index in [1.54, 1.807) is 10.8 Å². The summed E-state index contributed by atoms with van der Waals surface area (Å²) >= 11 is 2.74. The predicted molar refractivity (Wildman–Crippen MR) is 145 cm³/mol. The van der Waals surface area contributed by atoms with Crippen molar-refractivity contribution >= 4 is 62.1 Å². The van der Waals surface area contributed by atoms with E-state index in [1.807, 2.05) is 36.4 Å². The zero-order valence-electron chi connectivity index (χ0n) is 19.3. The number of ether oxygens (including phenoxy) is 4. The summed E-state index contributed by atoms with van der Waals surface area (Å²) < 4.78 is 66.7. The van der Waals surface area contributed by atoms with Crippen molar-refractivity contribution in [2.75, 3.05) is 13.6 Å². The molecule has 0 amide bonds. The fourth-order valence-electron chi connectivity index (χ4n) is 3.82. The molecule has 0 atom stereocenters. The molecule has 0 saturated heterocycles. The first kappa shape index (κ1) is 27.1. The summed E-state index contributed by atoms with van der Waals surface area (Å²) in [5.41, 5.74) is 1.90. The molecule has 0 saturated carbocycles. The molecular weight excluding hydrogens is 615 g/mol. The second-order valence-corrected chi connectivity index (χ2v) is 15.1. The van der Waals surface area contributed by atoms with Crippen molar-refractivity contribution in [3.63, 3.8) is 0 Å². The van der Waals surface area contributed by atoms with Gasteiger partial charge in [-0.1, -0.05) is 12.1 Å². The second-order valence-electron chi connectivity index (χ2n) is 8.02. The van der Waals surface area contributed by atoms with E-state index in [4.69, 9.17) is 40.3 Å². The van der Waals surface area contributed by atoms with Crippen LogP contribution in [0.2, 0.25) is 0 Å². The second kappa shape index (κ2) is 10.9. The van der Waals surface area contributed by atoms with E-state index in [0.717, 1.165) is 11.1 Å². The van der Waals surface area contributed by atoms with Crippen LogP contribution in [0.3, 0.4) is 0 Å². The Bertz CT molecular complexity index is 1570. The number of halogens is 2. The molecule has 38 heavy (non-hydrogen) atoms. The number of hydrogen-bond donors (Lipinski definition) is 0. The molecule has 0 radical (unpaired) electrons. The minimum Gasteiger partial charge on any atom is -0.454 e. The standard InChI is InChI=1S/2C12H9ClO4S2/c2*13-19(14,15)12-3-4-18-11(12)6-8-1-2-9-10(5-8)17-7-16-9/h2*1-5H,6-7H2. The summed E-state index contributed by atoms with van der Waals surface area (Å²) in [4.78, 5) is 1.79. The molecule has 14 heteroatoms. The largest absolute Gasteiger partial charge is 0.454 e. The van der Waals surface area contributed by atoms with Crippen molar-refractivity contribution in [3.05, 3.63) is 80.2 Å². The van der Waals surface area contributed by atoms with Crippen LogP contribution in [0.4, 0.5) is 0 Å². The topological polar surface area (TPSA) is 105 Å². The SMILES string of the molecule is O=S(=O)(Cl)c1ccsc1Cc1ccc2c(c1)OCO2.O=S(=O)(Cl)c1ccsc1Cc1ccc2c(c1)OCO2. The van der Waals surface area contributed by atoms with Gasteiger partial charge in [-0.2, -0.15) is 0 Å². The maximum atomic E-state index is 11.4. The number of rotatable bonds is 6. The lowest BCUT2D eigenvalue weighted by molar-refractivity contribution is 0.173. The Morgan fingerprint density at radius 2 is 1.00 bits per heavy atom. The van der Waals surface area contributed by atoms with Gasteiger partial charge in [0.25, 0.3) is 18.1 Å². The Morgan fingerprint density at radius 3 is 1.39 bits per heavy atom. The molecule has 200 valence electrons. The van der Waals surface area contributed by atoms with Crippen LogP contribution in [-0.4, -0.2) is 30.4 Å². The minimum atomic E-state index is -3.70. The normalized spacial score (nSPS) is 13.7. The van der Waals surface area contributed by atoms with E-state index in [1.165, 1.54) is 34.8 Å². The van der Waals surface area contributed by atoms with Gasteiger partial charge in [0.05, 0.1) is 9.79 Å². The molecule has 0 spiro atoms. The molecule has 8 nitrogen and oxygen atoms in total. The van der Waals surface area contributed by atoms with Crippen LogP contribution in [0.15, 0.2) is 69.1 Å². The zero-order valence-corrected chi connectivity index (χ0v) is 24.0. The third-order valence-corrected chi connectivity index (χ3v) is 10.5. The Hall–Kier alpha value is -2.48. The van der Waals surface area contributed by atoms with E-state index in [9.17, 15) is 16.8 Å². The fourth-order valence-corrected chi connectivity index (χ4v) is 8.84. The van der Waals surface area contributed by atoms with Gasteiger partial charge in [0.2, 0.25) is 13.6 Å². The van der Waals surface area contributed by atoms with Crippen molar-refractivity contribution in [1.82, 2.24) is 0 Å². The first-order valence-electron chi connectivity index (χ1n) is 10.9. The summed E-state index contributed by atoms with van der Waals surface area (Å²) in [5, 5.41) is 3.44. The molecule has 0 unspecified atom stereocenters. The molecule has 2 aromatic carbocycles. The lowest BCUT2D eigenvalue weighted by Gasteiger charge is -2.03. The van der Waals surface area contributed by atoms with E-state index < -0.39 is 18.1 Å². The number of thiophene rings is 2. The molecule has 2 aliphatic rings. The number of benzene rings is 2. The van der Waals surface area contributed by atoms with E-state index >= 15 is 0 Å². The van der Waals surface area contributed by atoms with Gasteiger partial charge in [-0.3, -0.25) is 0 Å². The van der Waals surface area contributed by atoms with Crippen LogP contribution in [-0.2, 0) is 30.9 Å². The third-order valence-electron chi connectivity index (χ3n) is 5.54. The number of fused-ring (bicyclic) bond motifs is 2. The smallest absolute Gasteiger partial charge is 0.262 e. The van der Waals surface area contributed by atoms with Gasteiger partial charge in [0.15, 0.2) is 23.0 Å². The van der Waals surface area contributed by atoms with Gasteiger partial charge < -0.3 is 18.9 Å². The molecular formula is C24H18Cl2O8S4. The highest BCUT2D eigenvalue weighted by Crippen LogP contribution is 2.36. The molecule has 2 aromatic heterocycles. The number of hydrogen-bond acceptors (Lipinski definition) is 10. The van der Waals surface area contributed by atoms with E-state index in [2.05, 4.69) is 0 Å². The molecule has 0 aliphatic carbocycles. The predicted octanol–water partition coefficient (Wildman–Crippen LogP) is 5.99. The van der Waals surface area contributed by atoms with Crippen LogP contribution >= 0.6 is 44.0 Å². The van der Waals surface area contributed by atoms with Crippen LogP contribution in [0.5, 0.6) is 23.0 Å². The van der Waals surface area contributed by atoms with Crippen molar-refractivity contribution in [1.29, 1.82) is 0 Å². The first-order chi connectivity index (χ1) is 18.1. The zero-order chi connectivity index (χ0) is 26.9. The Labute approximate surface area is 236 Å². The fraction of sp³-hybridized carbons (Fsp3) is 0.167. The molecule has 0 fully saturated rings. The van der Waals surface area contributed by atoms with Crippen molar-refractivity contribution in [2.24, 2.45) is 0 Å². The summed E-state index contributed by atoms with van der Waals surface area (Å²) in [5.74, 6) is 2.79. The molecule has 0 bridgehead atoms. The van der Waals surface area contributed by atoms with Crippen LogP contribution in [0, 0.1) is 0 Å². The third kappa shape index (κ3) is 6.22. The van der Waals surface area contributed by atoms with Gasteiger partial charge in [-0.05, 0) is 58.3 Å². The van der Waals surface area contributed by atoms with Crippen LogP contribution in [0.1, 0.15) is 20.9 Å². The summed E-state index contributed by atoms with van der Waals surface area (Å²) in [6, 6.07) is 14.2. The monoisotopic (exact) mass is 632 g/mol. The van der Waals surface area contributed by atoms with E-state index in [0.29, 0.717) is 45.6 Å². The van der Waals surface area contributed by atoms with Crippen molar-refractivity contribution in [3.8, 4) is 23.0 Å². The van der Waals surface area contributed by atoms with Gasteiger partial charge in [-0.25, -0.2) is 16.8 Å². The van der Waals surface area contributed by atoms with Crippen LogP contribution in [0.25, 0.3) is 0 Å². The highest BCUT2D eigenvalue weighted by Gasteiger charge is 2.20. The minimum absolute atomic E-state index is 0.178.